The van der Waals surface area contributed by atoms with E-state index in [-0.39, 0.29) is 6.54 Å². The lowest BCUT2D eigenvalue weighted by Crippen LogP contribution is -2.26. The summed E-state index contributed by atoms with van der Waals surface area (Å²) >= 11 is 0. The van der Waals surface area contributed by atoms with Crippen molar-refractivity contribution < 1.29 is 27.2 Å². The van der Waals surface area contributed by atoms with Gasteiger partial charge in [0.05, 0.1) is 6.26 Å². The van der Waals surface area contributed by atoms with Gasteiger partial charge in [0.1, 0.15) is 5.76 Å². The maximum atomic E-state index is 12.2. The Kier molecular flexibility index (Phi) is 3.69. The average molecular weight is 299 g/mol. The molecule has 0 aliphatic rings. The molecule has 2 aromatic rings. The highest BCUT2D eigenvalue weighted by atomic mass is 32.2. The van der Waals surface area contributed by atoms with Gasteiger partial charge in [-0.2, -0.15) is 4.31 Å². The van der Waals surface area contributed by atoms with E-state index in [4.69, 9.17) is 13.9 Å². The molecule has 0 aliphatic carbocycles. The fourth-order valence-corrected chi connectivity index (χ4v) is 2.68. The van der Waals surface area contributed by atoms with Gasteiger partial charge in [-0.05, 0) is 25.1 Å². The van der Waals surface area contributed by atoms with E-state index < -0.39 is 26.8 Å². The van der Waals surface area contributed by atoms with Gasteiger partial charge in [-0.1, -0.05) is 0 Å². The van der Waals surface area contributed by atoms with Crippen molar-refractivity contribution in [2.24, 2.45) is 0 Å². The summed E-state index contributed by atoms with van der Waals surface area (Å²) in [5.74, 6) is -1.12. The summed E-state index contributed by atoms with van der Waals surface area (Å²) in [5.41, 5.74) is 0.723. The first kappa shape index (κ1) is 14.4. The zero-order chi connectivity index (χ0) is 14.9. The van der Waals surface area contributed by atoms with Gasteiger partial charge in [0.2, 0.25) is 10.9 Å². The van der Waals surface area contributed by atoms with Crippen LogP contribution < -0.4 is 0 Å². The second-order valence-electron chi connectivity index (χ2n) is 4.19. The van der Waals surface area contributed by atoms with Gasteiger partial charge in [-0.3, -0.25) is 0 Å². The van der Waals surface area contributed by atoms with Crippen LogP contribution in [-0.2, 0) is 16.6 Å². The monoisotopic (exact) mass is 299 g/mol. The number of carboxylic acid groups (broad SMARTS) is 1. The minimum absolute atomic E-state index is 0.105. The lowest BCUT2D eigenvalue weighted by molar-refractivity contribution is 0.0656. The van der Waals surface area contributed by atoms with Crippen LogP contribution >= 0.6 is 0 Å². The zero-order valence-corrected chi connectivity index (χ0v) is 11.7. The first-order valence-electron chi connectivity index (χ1n) is 5.65. The zero-order valence-electron chi connectivity index (χ0n) is 10.9. The number of carboxylic acids is 1. The third-order valence-electron chi connectivity index (χ3n) is 2.82. The van der Waals surface area contributed by atoms with Gasteiger partial charge in [0.25, 0.3) is 10.0 Å². The van der Waals surface area contributed by atoms with E-state index in [1.54, 1.807) is 13.0 Å². The minimum atomic E-state index is -3.88. The molecule has 108 valence electrons. The van der Waals surface area contributed by atoms with Crippen LogP contribution in [0.4, 0.5) is 0 Å². The van der Waals surface area contributed by atoms with Crippen molar-refractivity contribution in [3.05, 3.63) is 41.5 Å². The number of aryl methyl sites for hydroxylation is 1. The SMILES string of the molecule is Cc1occc1CN(C)S(=O)(=O)c1ccc(C(=O)O)o1. The molecular formula is C12H13NO6S. The van der Waals surface area contributed by atoms with Crippen LogP contribution in [0.2, 0.25) is 0 Å². The van der Waals surface area contributed by atoms with E-state index in [9.17, 15) is 13.2 Å². The van der Waals surface area contributed by atoms with E-state index in [0.29, 0.717) is 5.76 Å². The molecule has 0 atom stereocenters. The molecule has 2 aromatic heterocycles. The largest absolute Gasteiger partial charge is 0.475 e. The number of aromatic carboxylic acids is 1. The summed E-state index contributed by atoms with van der Waals surface area (Å²) in [7, 11) is -2.50. The van der Waals surface area contributed by atoms with Crippen molar-refractivity contribution >= 4 is 16.0 Å². The summed E-state index contributed by atoms with van der Waals surface area (Å²) < 4.78 is 35.4. The third-order valence-corrected chi connectivity index (χ3v) is 4.49. The first-order valence-corrected chi connectivity index (χ1v) is 7.09. The molecule has 0 unspecified atom stereocenters. The Morgan fingerprint density at radius 2 is 2.05 bits per heavy atom. The van der Waals surface area contributed by atoms with Crippen LogP contribution in [0, 0.1) is 6.92 Å². The van der Waals surface area contributed by atoms with Crippen LogP contribution in [0.5, 0.6) is 0 Å². The quantitative estimate of drug-likeness (QED) is 0.901. The number of carbonyl (C=O) groups is 1. The molecule has 0 saturated heterocycles. The van der Waals surface area contributed by atoms with Crippen molar-refractivity contribution in [2.45, 2.75) is 18.6 Å². The summed E-state index contributed by atoms with van der Waals surface area (Å²) in [5, 5.41) is 8.33. The topological polar surface area (TPSA) is 101 Å². The lowest BCUT2D eigenvalue weighted by atomic mass is 10.3. The number of furan rings is 2. The molecule has 0 amide bonds. The summed E-state index contributed by atoms with van der Waals surface area (Å²) in [6.07, 6.45) is 1.47. The summed E-state index contributed by atoms with van der Waals surface area (Å²) in [6, 6.07) is 3.90. The highest BCUT2D eigenvalue weighted by Crippen LogP contribution is 2.20. The average Bonchev–Trinajstić information content (AvgIpc) is 2.99. The molecule has 0 saturated carbocycles. The fourth-order valence-electron chi connectivity index (χ4n) is 1.63. The van der Waals surface area contributed by atoms with E-state index in [0.717, 1.165) is 22.0 Å². The van der Waals surface area contributed by atoms with Crippen LogP contribution in [0.1, 0.15) is 21.9 Å². The van der Waals surface area contributed by atoms with Gasteiger partial charge >= 0.3 is 5.97 Å². The van der Waals surface area contributed by atoms with Crippen LogP contribution in [-0.4, -0.2) is 30.8 Å². The summed E-state index contributed by atoms with van der Waals surface area (Å²) in [6.45, 7) is 1.83. The van der Waals surface area contributed by atoms with Crippen LogP contribution in [0.15, 0.2) is 38.4 Å². The summed E-state index contributed by atoms with van der Waals surface area (Å²) in [4.78, 5) is 10.7. The number of hydrogen-bond acceptors (Lipinski definition) is 5. The number of sulfonamides is 1. The highest BCUT2D eigenvalue weighted by Gasteiger charge is 2.26. The molecule has 7 nitrogen and oxygen atoms in total. The Hall–Kier alpha value is -2.06. The Morgan fingerprint density at radius 3 is 2.55 bits per heavy atom. The Bertz CT molecular complexity index is 727. The van der Waals surface area contributed by atoms with Gasteiger partial charge in [-0.25, -0.2) is 13.2 Å². The molecule has 1 N–H and O–H groups in total. The molecule has 0 aromatic carbocycles. The molecule has 2 rings (SSSR count). The number of nitrogens with zero attached hydrogens (tertiary/aromatic N) is 1. The van der Waals surface area contributed by atoms with Gasteiger partial charge < -0.3 is 13.9 Å². The molecular weight excluding hydrogens is 286 g/mol. The van der Waals surface area contributed by atoms with Gasteiger partial charge in [0, 0.05) is 19.2 Å². The number of hydrogen-bond donors (Lipinski definition) is 1. The molecule has 2 heterocycles. The molecule has 0 spiro atoms. The van der Waals surface area contributed by atoms with Crippen molar-refractivity contribution in [1.29, 1.82) is 0 Å². The van der Waals surface area contributed by atoms with Crippen LogP contribution in [0.3, 0.4) is 0 Å². The van der Waals surface area contributed by atoms with Crippen molar-refractivity contribution in [3.63, 3.8) is 0 Å². The van der Waals surface area contributed by atoms with Crippen molar-refractivity contribution in [3.8, 4) is 0 Å². The molecule has 0 fully saturated rings. The van der Waals surface area contributed by atoms with Gasteiger partial charge in [-0.15, -0.1) is 0 Å². The minimum Gasteiger partial charge on any atom is -0.475 e. The van der Waals surface area contributed by atoms with E-state index in [1.165, 1.54) is 13.3 Å². The molecule has 0 aliphatic heterocycles. The highest BCUT2D eigenvalue weighted by molar-refractivity contribution is 7.88. The third kappa shape index (κ3) is 2.61. The predicted molar refractivity (Wildman–Crippen MR) is 67.8 cm³/mol. The fraction of sp³-hybridized carbons (Fsp3) is 0.250. The molecule has 8 heteroatoms. The molecule has 0 bridgehead atoms. The van der Waals surface area contributed by atoms with Crippen molar-refractivity contribution in [2.75, 3.05) is 7.05 Å². The first-order chi connectivity index (χ1) is 9.32. The standard InChI is InChI=1S/C12H13NO6S/c1-8-9(5-6-18-8)7-13(2)20(16,17)11-4-3-10(19-11)12(14)15/h3-6H,7H2,1-2H3,(H,14,15). The second kappa shape index (κ2) is 5.14. The van der Waals surface area contributed by atoms with Crippen LogP contribution in [0.25, 0.3) is 0 Å². The number of rotatable bonds is 5. The van der Waals surface area contributed by atoms with Gasteiger partial charge in [0.15, 0.2) is 0 Å². The Labute approximate surface area is 115 Å². The Balaban J connectivity index is 2.25. The van der Waals surface area contributed by atoms with E-state index >= 15 is 0 Å². The smallest absolute Gasteiger partial charge is 0.371 e. The second-order valence-corrected chi connectivity index (χ2v) is 6.16. The van der Waals surface area contributed by atoms with E-state index in [1.807, 2.05) is 0 Å². The lowest BCUT2D eigenvalue weighted by Gasteiger charge is -2.14. The normalized spacial score (nSPS) is 11.9. The van der Waals surface area contributed by atoms with Crippen molar-refractivity contribution in [1.82, 2.24) is 4.31 Å². The Morgan fingerprint density at radius 1 is 1.35 bits per heavy atom. The maximum Gasteiger partial charge on any atom is 0.371 e. The molecule has 20 heavy (non-hydrogen) atoms. The van der Waals surface area contributed by atoms with E-state index in [2.05, 4.69) is 0 Å². The predicted octanol–water partition coefficient (Wildman–Crippen LogP) is 1.70. The molecule has 0 radical (unpaired) electrons. The maximum absolute atomic E-state index is 12.2.